The number of aliphatic hydroxyl groups is 1. The average Bonchev–Trinajstić information content (AvgIpc) is 2.36. The summed E-state index contributed by atoms with van der Waals surface area (Å²) < 4.78 is 0. The molecule has 0 aromatic heterocycles. The van der Waals surface area contributed by atoms with Gasteiger partial charge in [0.2, 0.25) is 11.6 Å². The summed E-state index contributed by atoms with van der Waals surface area (Å²) in [6.45, 7) is 1.82. The lowest BCUT2D eigenvalue weighted by Crippen LogP contribution is -2.23. The van der Waals surface area contributed by atoms with Crippen molar-refractivity contribution in [1.82, 2.24) is 0 Å². The molecule has 0 aliphatic heterocycles. The predicted molar refractivity (Wildman–Crippen MR) is 64.8 cm³/mol. The molecule has 2 rings (SSSR count). The molecule has 0 heterocycles. The second-order valence-corrected chi connectivity index (χ2v) is 3.80. The second-order valence-electron chi connectivity index (χ2n) is 3.80. The van der Waals surface area contributed by atoms with Gasteiger partial charge in [-0.05, 0) is 13.3 Å². The Balaban J connectivity index is 2.59. The highest BCUT2D eigenvalue weighted by Crippen LogP contribution is 2.29. The number of fused-ring (bicyclic) bond motifs is 1. The maximum Gasteiger partial charge on any atom is 0.234 e. The molecule has 17 heavy (non-hydrogen) atoms. The van der Waals surface area contributed by atoms with Crippen LogP contribution in [-0.2, 0) is 4.79 Å². The number of rotatable bonds is 2. The average molecular weight is 228 g/mol. The Kier molecular flexibility index (Phi) is 2.91. The van der Waals surface area contributed by atoms with E-state index in [1.54, 1.807) is 36.4 Å². The summed E-state index contributed by atoms with van der Waals surface area (Å²) in [4.78, 5) is 23.6. The summed E-state index contributed by atoms with van der Waals surface area (Å²) in [7, 11) is 0. The fourth-order valence-corrected chi connectivity index (χ4v) is 1.84. The Labute approximate surface area is 99.1 Å². The molecule has 1 aliphatic carbocycles. The van der Waals surface area contributed by atoms with Gasteiger partial charge < -0.3 is 5.11 Å². The molecule has 0 saturated carbocycles. The Bertz CT molecular complexity index is 550. The summed E-state index contributed by atoms with van der Waals surface area (Å²) in [5, 5.41) is 10.0. The molecule has 3 heteroatoms. The molecule has 1 aliphatic rings. The molecule has 0 spiro atoms. The number of hydrogen-bond donors (Lipinski definition) is 1. The first-order valence-corrected chi connectivity index (χ1v) is 5.38. The van der Waals surface area contributed by atoms with Crippen molar-refractivity contribution in [3.05, 3.63) is 53.1 Å². The van der Waals surface area contributed by atoms with E-state index in [1.165, 1.54) is 0 Å². The molecule has 0 fully saturated rings. The van der Waals surface area contributed by atoms with Crippen molar-refractivity contribution in [3.8, 4) is 0 Å². The van der Waals surface area contributed by atoms with Crippen molar-refractivity contribution >= 4 is 17.3 Å². The summed E-state index contributed by atoms with van der Waals surface area (Å²) in [5.41, 5.74) is 0.891. The monoisotopic (exact) mass is 228 g/mol. The van der Waals surface area contributed by atoms with E-state index in [-0.39, 0.29) is 23.3 Å². The zero-order chi connectivity index (χ0) is 12.4. The van der Waals surface area contributed by atoms with E-state index in [0.29, 0.717) is 5.56 Å². The van der Waals surface area contributed by atoms with E-state index in [9.17, 15) is 14.7 Å². The van der Waals surface area contributed by atoms with Crippen molar-refractivity contribution < 1.29 is 14.7 Å². The quantitative estimate of drug-likeness (QED) is 0.625. The lowest BCUT2D eigenvalue weighted by molar-refractivity contribution is -0.112. The summed E-state index contributed by atoms with van der Waals surface area (Å²) >= 11 is 0. The van der Waals surface area contributed by atoms with Crippen molar-refractivity contribution in [3.63, 3.8) is 0 Å². The van der Waals surface area contributed by atoms with E-state index in [1.807, 2.05) is 6.92 Å². The van der Waals surface area contributed by atoms with Crippen molar-refractivity contribution in [1.29, 1.82) is 0 Å². The van der Waals surface area contributed by atoms with Gasteiger partial charge >= 0.3 is 0 Å². The van der Waals surface area contributed by atoms with Crippen LogP contribution in [0.15, 0.2) is 42.0 Å². The van der Waals surface area contributed by atoms with Crippen molar-refractivity contribution in [2.24, 2.45) is 0 Å². The Hall–Kier alpha value is -2.16. The third-order valence-corrected chi connectivity index (χ3v) is 2.75. The van der Waals surface area contributed by atoms with Crippen LogP contribution in [0.4, 0.5) is 0 Å². The van der Waals surface area contributed by atoms with Gasteiger partial charge in [-0.25, -0.2) is 0 Å². The minimum absolute atomic E-state index is 0.0803. The highest BCUT2D eigenvalue weighted by Gasteiger charge is 2.31. The van der Waals surface area contributed by atoms with Gasteiger partial charge in [-0.15, -0.1) is 0 Å². The largest absolute Gasteiger partial charge is 0.507 e. The molecule has 3 nitrogen and oxygen atoms in total. The Morgan fingerprint density at radius 2 is 1.76 bits per heavy atom. The molecule has 1 aromatic carbocycles. The Morgan fingerprint density at radius 1 is 1.12 bits per heavy atom. The van der Waals surface area contributed by atoms with Gasteiger partial charge in [-0.2, -0.15) is 0 Å². The molecule has 0 amide bonds. The topological polar surface area (TPSA) is 54.4 Å². The molecule has 0 radical (unpaired) electrons. The first kappa shape index (κ1) is 11.3. The molecular weight excluding hydrogens is 216 g/mol. The van der Waals surface area contributed by atoms with Crippen LogP contribution in [0.2, 0.25) is 0 Å². The SMILES string of the molecule is C/C=C\CC1=C(O)c2ccccc2C(=O)C1=O. The number of aliphatic hydroxyl groups excluding tert-OH is 1. The molecule has 0 unspecified atom stereocenters. The molecule has 1 aromatic rings. The molecule has 0 bridgehead atoms. The second kappa shape index (κ2) is 4.37. The molecule has 0 saturated heterocycles. The lowest BCUT2D eigenvalue weighted by Gasteiger charge is -2.16. The van der Waals surface area contributed by atoms with E-state index in [0.717, 1.165) is 0 Å². The van der Waals surface area contributed by atoms with Crippen molar-refractivity contribution in [2.45, 2.75) is 13.3 Å². The zero-order valence-corrected chi connectivity index (χ0v) is 9.43. The van der Waals surface area contributed by atoms with Gasteiger partial charge in [0.15, 0.2) is 0 Å². The van der Waals surface area contributed by atoms with Crippen LogP contribution >= 0.6 is 0 Å². The number of carbonyl (C=O) groups is 2. The summed E-state index contributed by atoms with van der Waals surface area (Å²) in [6.07, 6.45) is 3.80. The van der Waals surface area contributed by atoms with Gasteiger partial charge in [0.1, 0.15) is 5.76 Å². The van der Waals surface area contributed by atoms with E-state index >= 15 is 0 Å². The van der Waals surface area contributed by atoms with Gasteiger partial charge in [-0.3, -0.25) is 9.59 Å². The van der Waals surface area contributed by atoms with Crippen LogP contribution < -0.4 is 0 Å². The van der Waals surface area contributed by atoms with Crippen molar-refractivity contribution in [2.75, 3.05) is 0 Å². The van der Waals surface area contributed by atoms with Crippen LogP contribution in [0, 0.1) is 0 Å². The molecular formula is C14H12O3. The Morgan fingerprint density at radius 3 is 2.41 bits per heavy atom. The number of ketones is 2. The van der Waals surface area contributed by atoms with Gasteiger partial charge in [0.05, 0.1) is 0 Å². The molecule has 1 N–H and O–H groups in total. The van der Waals surface area contributed by atoms with Gasteiger partial charge in [0, 0.05) is 16.7 Å². The minimum Gasteiger partial charge on any atom is -0.507 e. The summed E-state index contributed by atoms with van der Waals surface area (Å²) in [6, 6.07) is 6.60. The standard InChI is InChI=1S/C14H12O3/c1-2-3-6-11-12(15)9-7-4-5-8-10(9)13(16)14(11)17/h2-5,7-8,15H,6H2,1H3/b3-2-. The number of benzene rings is 1. The lowest BCUT2D eigenvalue weighted by atomic mass is 9.87. The maximum atomic E-state index is 11.8. The first-order chi connectivity index (χ1) is 8.16. The van der Waals surface area contributed by atoms with Crippen LogP contribution in [0.25, 0.3) is 5.76 Å². The number of Topliss-reactive ketones (excluding diaryl/α,β-unsaturated/α-hetero) is 2. The molecule has 86 valence electrons. The van der Waals surface area contributed by atoms with Crippen LogP contribution in [0.3, 0.4) is 0 Å². The highest BCUT2D eigenvalue weighted by molar-refractivity contribution is 6.52. The third kappa shape index (κ3) is 1.80. The fourth-order valence-electron chi connectivity index (χ4n) is 1.84. The van der Waals surface area contributed by atoms with Gasteiger partial charge in [-0.1, -0.05) is 36.4 Å². The number of allylic oxidation sites excluding steroid dienone is 3. The molecule has 0 atom stereocenters. The van der Waals surface area contributed by atoms with E-state index in [2.05, 4.69) is 0 Å². The third-order valence-electron chi connectivity index (χ3n) is 2.75. The number of hydrogen-bond acceptors (Lipinski definition) is 3. The van der Waals surface area contributed by atoms with E-state index in [4.69, 9.17) is 0 Å². The predicted octanol–water partition coefficient (Wildman–Crippen LogP) is 2.69. The van der Waals surface area contributed by atoms with Crippen LogP contribution in [0.1, 0.15) is 29.3 Å². The normalized spacial score (nSPS) is 15.6. The maximum absolute atomic E-state index is 11.8. The minimum atomic E-state index is -0.612. The number of carbonyl (C=O) groups excluding carboxylic acids is 2. The first-order valence-electron chi connectivity index (χ1n) is 5.38. The van der Waals surface area contributed by atoms with E-state index < -0.39 is 11.6 Å². The van der Waals surface area contributed by atoms with Crippen LogP contribution in [-0.4, -0.2) is 16.7 Å². The summed E-state index contributed by atoms with van der Waals surface area (Å²) in [5.74, 6) is -1.24. The fraction of sp³-hybridized carbons (Fsp3) is 0.143. The smallest absolute Gasteiger partial charge is 0.234 e. The zero-order valence-electron chi connectivity index (χ0n) is 9.43. The van der Waals surface area contributed by atoms with Crippen LogP contribution in [0.5, 0.6) is 0 Å². The highest BCUT2D eigenvalue weighted by atomic mass is 16.3. The van der Waals surface area contributed by atoms with Gasteiger partial charge in [0.25, 0.3) is 0 Å².